The van der Waals surface area contributed by atoms with Gasteiger partial charge in [-0.3, -0.25) is 4.79 Å². The van der Waals surface area contributed by atoms with Gasteiger partial charge in [-0.25, -0.2) is 0 Å². The van der Waals surface area contributed by atoms with E-state index in [4.69, 9.17) is 5.73 Å². The summed E-state index contributed by atoms with van der Waals surface area (Å²) < 4.78 is 2.09. The summed E-state index contributed by atoms with van der Waals surface area (Å²) in [5, 5.41) is 0. The number of amides is 1. The number of anilines is 1. The van der Waals surface area contributed by atoms with Crippen molar-refractivity contribution < 1.29 is 4.79 Å². The van der Waals surface area contributed by atoms with Crippen LogP contribution in [-0.2, 0) is 0 Å². The molecule has 1 saturated heterocycles. The first kappa shape index (κ1) is 12.6. The van der Waals surface area contributed by atoms with Crippen LogP contribution in [0.5, 0.6) is 0 Å². The first-order chi connectivity index (χ1) is 9.19. The molecule has 2 N–H and O–H groups in total. The molecule has 4 nitrogen and oxygen atoms in total. The first-order valence-corrected chi connectivity index (χ1v) is 7.45. The number of nitrogen functional groups attached to an aromatic ring is 1. The number of rotatable bonds is 3. The number of carbonyl (C=O) groups is 1. The molecule has 0 aromatic carbocycles. The lowest BCUT2D eigenvalue weighted by atomic mass is 9.94. The van der Waals surface area contributed by atoms with Crippen LogP contribution in [0.2, 0.25) is 0 Å². The summed E-state index contributed by atoms with van der Waals surface area (Å²) in [6.45, 7) is 4.03. The first-order valence-electron chi connectivity index (χ1n) is 7.45. The highest BCUT2D eigenvalue weighted by atomic mass is 16.2. The molecule has 1 aromatic rings. The average molecular weight is 261 g/mol. The molecule has 3 rings (SSSR count). The Balaban J connectivity index is 1.73. The van der Waals surface area contributed by atoms with Gasteiger partial charge >= 0.3 is 0 Å². The third-order valence-electron chi connectivity index (χ3n) is 4.51. The van der Waals surface area contributed by atoms with Crippen molar-refractivity contribution in [2.24, 2.45) is 5.92 Å². The van der Waals surface area contributed by atoms with Crippen molar-refractivity contribution in [3.05, 3.63) is 18.0 Å². The molecule has 0 radical (unpaired) electrons. The summed E-state index contributed by atoms with van der Waals surface area (Å²) in [5.74, 6) is 0.961. The predicted molar refractivity (Wildman–Crippen MR) is 76.0 cm³/mol. The second kappa shape index (κ2) is 4.91. The van der Waals surface area contributed by atoms with Gasteiger partial charge in [0.05, 0.1) is 5.69 Å². The monoisotopic (exact) mass is 261 g/mol. The Kier molecular flexibility index (Phi) is 3.25. The van der Waals surface area contributed by atoms with E-state index in [0.29, 0.717) is 11.7 Å². The Labute approximate surface area is 114 Å². The molecular formula is C15H23N3O. The van der Waals surface area contributed by atoms with E-state index in [1.54, 1.807) is 0 Å². The molecule has 0 spiro atoms. The zero-order valence-electron chi connectivity index (χ0n) is 11.6. The summed E-state index contributed by atoms with van der Waals surface area (Å²) in [7, 11) is 0. The Morgan fingerprint density at radius 1 is 1.32 bits per heavy atom. The fourth-order valence-corrected chi connectivity index (χ4v) is 3.03. The molecule has 1 aliphatic heterocycles. The van der Waals surface area contributed by atoms with Gasteiger partial charge in [0.25, 0.3) is 5.91 Å². The molecule has 1 aromatic heterocycles. The van der Waals surface area contributed by atoms with Crippen molar-refractivity contribution in [2.75, 3.05) is 18.8 Å². The minimum atomic E-state index is 0.165. The highest BCUT2D eigenvalue weighted by molar-refractivity contribution is 5.94. The molecule has 2 aliphatic rings. The molecule has 2 fully saturated rings. The van der Waals surface area contributed by atoms with Gasteiger partial charge in [0.2, 0.25) is 0 Å². The van der Waals surface area contributed by atoms with Crippen LogP contribution >= 0.6 is 0 Å². The molecule has 1 saturated carbocycles. The Hall–Kier alpha value is -1.45. The smallest absolute Gasteiger partial charge is 0.270 e. The topological polar surface area (TPSA) is 51.3 Å². The minimum Gasteiger partial charge on any atom is -0.397 e. The Morgan fingerprint density at radius 3 is 2.58 bits per heavy atom. The maximum absolute atomic E-state index is 12.6. The van der Waals surface area contributed by atoms with E-state index in [1.807, 2.05) is 17.2 Å². The molecule has 0 unspecified atom stereocenters. The lowest BCUT2D eigenvalue weighted by Crippen LogP contribution is -2.39. The highest BCUT2D eigenvalue weighted by Crippen LogP contribution is 2.37. The number of carbonyl (C=O) groups excluding carboxylic acids is 1. The van der Waals surface area contributed by atoms with E-state index in [-0.39, 0.29) is 5.91 Å². The van der Waals surface area contributed by atoms with Gasteiger partial charge in [0.1, 0.15) is 5.69 Å². The normalized spacial score (nSPS) is 20.8. The zero-order chi connectivity index (χ0) is 13.4. The Bertz CT molecular complexity index is 468. The number of hydrogen-bond donors (Lipinski definition) is 1. The predicted octanol–water partition coefficient (Wildman–Crippen LogP) is 2.67. The molecule has 19 heavy (non-hydrogen) atoms. The number of hydrogen-bond acceptors (Lipinski definition) is 2. The van der Waals surface area contributed by atoms with E-state index in [2.05, 4.69) is 11.5 Å². The van der Waals surface area contributed by atoms with Crippen LogP contribution in [0.4, 0.5) is 5.69 Å². The van der Waals surface area contributed by atoms with E-state index < -0.39 is 0 Å². The van der Waals surface area contributed by atoms with Crippen molar-refractivity contribution in [3.63, 3.8) is 0 Å². The summed E-state index contributed by atoms with van der Waals surface area (Å²) >= 11 is 0. The summed E-state index contributed by atoms with van der Waals surface area (Å²) in [4.78, 5) is 14.6. The number of aromatic nitrogens is 1. The lowest BCUT2D eigenvalue weighted by Gasteiger charge is -2.31. The average Bonchev–Trinajstić information content (AvgIpc) is 3.21. The summed E-state index contributed by atoms with van der Waals surface area (Å²) in [6, 6.07) is 2.34. The van der Waals surface area contributed by atoms with Crippen molar-refractivity contribution in [1.82, 2.24) is 9.47 Å². The summed E-state index contributed by atoms with van der Waals surface area (Å²) in [5.41, 5.74) is 7.36. The van der Waals surface area contributed by atoms with Gasteiger partial charge in [-0.15, -0.1) is 0 Å². The Morgan fingerprint density at radius 2 is 2.00 bits per heavy atom. The number of nitrogens with zero attached hydrogens (tertiary/aromatic N) is 2. The van der Waals surface area contributed by atoms with Crippen LogP contribution in [0.3, 0.4) is 0 Å². The highest BCUT2D eigenvalue weighted by Gasteiger charge is 2.30. The van der Waals surface area contributed by atoms with E-state index in [1.165, 1.54) is 19.3 Å². The van der Waals surface area contributed by atoms with Gasteiger partial charge in [-0.2, -0.15) is 0 Å². The molecule has 0 bridgehead atoms. The number of nitrogens with two attached hydrogens (primary N) is 1. The van der Waals surface area contributed by atoms with Gasteiger partial charge in [-0.05, 0) is 37.7 Å². The molecule has 1 amide bonds. The zero-order valence-corrected chi connectivity index (χ0v) is 11.6. The maximum Gasteiger partial charge on any atom is 0.270 e. The van der Waals surface area contributed by atoms with Crippen molar-refractivity contribution >= 4 is 11.6 Å². The fourth-order valence-electron chi connectivity index (χ4n) is 3.03. The molecule has 4 heteroatoms. The third kappa shape index (κ3) is 2.48. The summed E-state index contributed by atoms with van der Waals surface area (Å²) in [6.07, 6.45) is 7.78. The second-order valence-corrected chi connectivity index (χ2v) is 5.94. The quantitative estimate of drug-likeness (QED) is 0.909. The van der Waals surface area contributed by atoms with Gasteiger partial charge in [0, 0.05) is 25.3 Å². The lowest BCUT2D eigenvalue weighted by molar-refractivity contribution is 0.0677. The second-order valence-electron chi connectivity index (χ2n) is 5.94. The largest absolute Gasteiger partial charge is 0.397 e. The van der Waals surface area contributed by atoms with E-state index in [9.17, 15) is 4.79 Å². The molecule has 2 heterocycles. The standard InChI is InChI=1S/C15H23N3O/c1-2-11-5-7-17(8-6-11)15(19)14-9-12(16)10-18(14)13-3-4-13/h9-11,13H,2-8,16H2,1H3. The molecule has 0 atom stereocenters. The third-order valence-corrected chi connectivity index (χ3v) is 4.51. The van der Waals surface area contributed by atoms with Gasteiger partial charge in [0.15, 0.2) is 0 Å². The van der Waals surface area contributed by atoms with Crippen LogP contribution in [0.15, 0.2) is 12.3 Å². The van der Waals surface area contributed by atoms with Crippen molar-refractivity contribution in [1.29, 1.82) is 0 Å². The van der Waals surface area contributed by atoms with Crippen LogP contribution in [0.1, 0.15) is 55.6 Å². The molecule has 1 aliphatic carbocycles. The van der Waals surface area contributed by atoms with Crippen molar-refractivity contribution in [2.45, 2.75) is 45.1 Å². The maximum atomic E-state index is 12.6. The number of likely N-dealkylation sites (tertiary alicyclic amines) is 1. The van der Waals surface area contributed by atoms with Crippen LogP contribution < -0.4 is 5.73 Å². The van der Waals surface area contributed by atoms with Crippen LogP contribution in [0.25, 0.3) is 0 Å². The van der Waals surface area contributed by atoms with E-state index >= 15 is 0 Å². The number of piperidine rings is 1. The fraction of sp³-hybridized carbons (Fsp3) is 0.667. The molecular weight excluding hydrogens is 238 g/mol. The molecule has 104 valence electrons. The minimum absolute atomic E-state index is 0.165. The van der Waals surface area contributed by atoms with E-state index in [0.717, 1.165) is 37.5 Å². The van der Waals surface area contributed by atoms with Crippen LogP contribution in [-0.4, -0.2) is 28.5 Å². The SMILES string of the molecule is CCC1CCN(C(=O)c2cc(N)cn2C2CC2)CC1. The van der Waals surface area contributed by atoms with Gasteiger partial charge < -0.3 is 15.2 Å². The van der Waals surface area contributed by atoms with Crippen LogP contribution in [0, 0.1) is 5.92 Å². The van der Waals surface area contributed by atoms with Gasteiger partial charge in [-0.1, -0.05) is 13.3 Å². The van der Waals surface area contributed by atoms with Crippen molar-refractivity contribution in [3.8, 4) is 0 Å².